The zero-order valence-electron chi connectivity index (χ0n) is 18.6. The number of carbonyl (C=O) groups is 3. The molecular weight excluding hydrogens is 477 g/mol. The highest BCUT2D eigenvalue weighted by Gasteiger charge is 2.52. The Kier molecular flexibility index (Phi) is 7.70. The highest BCUT2D eigenvalue weighted by Crippen LogP contribution is 2.35. The van der Waals surface area contributed by atoms with Crippen LogP contribution in [0.1, 0.15) is 26.8 Å². The van der Waals surface area contributed by atoms with Crippen LogP contribution < -0.4 is 0 Å². The largest absolute Gasteiger partial charge is 0.463 e. The summed E-state index contributed by atoms with van der Waals surface area (Å²) in [5.74, 6) is -6.83. The van der Waals surface area contributed by atoms with Crippen LogP contribution in [0, 0.1) is 28.8 Å². The molecule has 14 heteroatoms. The van der Waals surface area contributed by atoms with Crippen LogP contribution in [0.2, 0.25) is 0 Å². The Morgan fingerprint density at radius 3 is 2.20 bits per heavy atom. The molecule has 1 aromatic heterocycles. The maximum Gasteiger partial charge on any atom is 0.303 e. The summed E-state index contributed by atoms with van der Waals surface area (Å²) >= 11 is 0. The molecule has 3 rings (SSSR count). The Balaban J connectivity index is 2.09. The first-order chi connectivity index (χ1) is 16.5. The molecule has 186 valence electrons. The van der Waals surface area contributed by atoms with E-state index in [1.807, 2.05) is 6.07 Å². The molecule has 0 bridgehead atoms. The second-order valence-electron chi connectivity index (χ2n) is 7.50. The summed E-state index contributed by atoms with van der Waals surface area (Å²) in [6.07, 6.45) is -4.11. The lowest BCUT2D eigenvalue weighted by molar-refractivity contribution is -0.218. The molecule has 0 N–H and O–H groups in total. The molecule has 0 saturated carbocycles. The number of hydrogen-bond acceptors (Lipinski definition) is 10. The van der Waals surface area contributed by atoms with Crippen molar-refractivity contribution in [1.29, 1.82) is 5.26 Å². The Morgan fingerprint density at radius 1 is 1.06 bits per heavy atom. The van der Waals surface area contributed by atoms with Crippen LogP contribution in [-0.2, 0) is 33.3 Å². The van der Waals surface area contributed by atoms with E-state index in [9.17, 15) is 32.8 Å². The van der Waals surface area contributed by atoms with Crippen molar-refractivity contribution < 1.29 is 46.5 Å². The molecular formula is C21H19F3N4O7. The first-order valence-corrected chi connectivity index (χ1v) is 10.1. The predicted octanol–water partition coefficient (Wildman–Crippen LogP) is 1.62. The van der Waals surface area contributed by atoms with Gasteiger partial charge in [-0.05, 0) is 12.1 Å². The first-order valence-electron chi connectivity index (χ1n) is 10.1. The third kappa shape index (κ3) is 5.75. The Morgan fingerprint density at radius 2 is 1.66 bits per heavy atom. The maximum atomic E-state index is 13.7. The highest BCUT2D eigenvalue weighted by atomic mass is 19.2. The van der Waals surface area contributed by atoms with E-state index in [0.717, 1.165) is 25.5 Å². The van der Waals surface area contributed by atoms with Crippen molar-refractivity contribution in [2.75, 3.05) is 6.61 Å². The number of halogens is 3. The summed E-state index contributed by atoms with van der Waals surface area (Å²) in [6, 6.07) is 1.99. The van der Waals surface area contributed by atoms with E-state index < -0.39 is 72.4 Å². The van der Waals surface area contributed by atoms with Crippen molar-refractivity contribution in [2.24, 2.45) is 0 Å². The molecule has 11 nitrogen and oxygen atoms in total. The minimum absolute atomic E-state index is 0.109. The topological polar surface area (TPSA) is 143 Å². The summed E-state index contributed by atoms with van der Waals surface area (Å²) in [4.78, 5) is 35.0. The van der Waals surface area contributed by atoms with E-state index in [2.05, 4.69) is 10.3 Å². The molecule has 5 atom stereocenters. The lowest BCUT2D eigenvalue weighted by Crippen LogP contribution is -2.58. The molecule has 1 fully saturated rings. The third-order valence-corrected chi connectivity index (χ3v) is 4.94. The average Bonchev–Trinajstić information content (AvgIpc) is 3.25. The van der Waals surface area contributed by atoms with Gasteiger partial charge in [0.2, 0.25) is 0 Å². The molecule has 0 amide bonds. The van der Waals surface area contributed by atoms with Gasteiger partial charge < -0.3 is 18.9 Å². The lowest BCUT2D eigenvalue weighted by Gasteiger charge is -2.42. The van der Waals surface area contributed by atoms with E-state index in [0.29, 0.717) is 12.1 Å². The summed E-state index contributed by atoms with van der Waals surface area (Å²) in [5, 5.41) is 17.3. The fourth-order valence-electron chi connectivity index (χ4n) is 3.59. The summed E-state index contributed by atoms with van der Waals surface area (Å²) in [6.45, 7) is 2.88. The number of ether oxygens (including phenoxy) is 4. The normalized spacial score (nSPS) is 23.7. The molecule has 0 radical (unpaired) electrons. The smallest absolute Gasteiger partial charge is 0.303 e. The Bertz CT molecular complexity index is 1160. The number of benzene rings is 1. The molecule has 2 aromatic rings. The fourth-order valence-corrected chi connectivity index (χ4v) is 3.59. The van der Waals surface area contributed by atoms with Crippen molar-refractivity contribution in [3.63, 3.8) is 0 Å². The van der Waals surface area contributed by atoms with Gasteiger partial charge in [-0.25, -0.2) is 17.9 Å². The van der Waals surface area contributed by atoms with E-state index >= 15 is 0 Å². The number of hydrogen-bond donors (Lipinski definition) is 0. The summed E-state index contributed by atoms with van der Waals surface area (Å²) in [7, 11) is 0. The maximum absolute atomic E-state index is 13.7. The van der Waals surface area contributed by atoms with Gasteiger partial charge in [0.1, 0.15) is 24.4 Å². The first kappa shape index (κ1) is 25.6. The van der Waals surface area contributed by atoms with Gasteiger partial charge in [0.15, 0.2) is 35.8 Å². The summed E-state index contributed by atoms with van der Waals surface area (Å²) in [5.41, 5.74) is -0.274. The van der Waals surface area contributed by atoms with Crippen LogP contribution in [0.4, 0.5) is 13.2 Å². The van der Waals surface area contributed by atoms with Crippen LogP contribution >= 0.6 is 0 Å². The molecule has 1 aromatic carbocycles. The standard InChI is InChI=1S/C21H19F3N4O7/c1-9(29)32-8-17-21(34-11(3)31)19(20(33-10(2)30)16(6-25)35-17)28-7-15(26-27-28)12-4-13(22)18(24)14(23)5-12/h4-5,7,16-17,19-21H,8H2,1-3H3/t16-,17+,19+,20-,21-/m0/s1. The van der Waals surface area contributed by atoms with Gasteiger partial charge in [-0.1, -0.05) is 5.21 Å². The molecule has 0 spiro atoms. The van der Waals surface area contributed by atoms with Crippen LogP contribution in [-0.4, -0.2) is 63.9 Å². The molecule has 35 heavy (non-hydrogen) atoms. The average molecular weight is 496 g/mol. The van der Waals surface area contributed by atoms with Gasteiger partial charge in [-0.2, -0.15) is 5.26 Å². The van der Waals surface area contributed by atoms with Crippen LogP contribution in [0.5, 0.6) is 0 Å². The lowest BCUT2D eigenvalue weighted by atomic mass is 9.92. The number of nitrogens with zero attached hydrogens (tertiary/aromatic N) is 4. The van der Waals surface area contributed by atoms with Gasteiger partial charge in [-0.15, -0.1) is 5.10 Å². The number of aromatic nitrogens is 3. The summed E-state index contributed by atoms with van der Waals surface area (Å²) < 4.78 is 63.1. The number of carbonyl (C=O) groups excluding carboxylic acids is 3. The number of esters is 3. The van der Waals surface area contributed by atoms with E-state index in [1.165, 1.54) is 6.20 Å². The SMILES string of the molecule is CC(=O)OC[C@H]1O[C@@H](C#N)[C@H](OC(C)=O)[C@@H](n2cc(-c3cc(F)c(F)c(F)c3)nn2)[C@H]1OC(C)=O. The van der Waals surface area contributed by atoms with Crippen LogP contribution in [0.25, 0.3) is 11.3 Å². The molecule has 0 unspecified atom stereocenters. The van der Waals surface area contributed by atoms with Gasteiger partial charge in [0, 0.05) is 26.3 Å². The Labute approximate surface area is 196 Å². The molecule has 1 saturated heterocycles. The van der Waals surface area contributed by atoms with Gasteiger partial charge in [-0.3, -0.25) is 14.4 Å². The van der Waals surface area contributed by atoms with Gasteiger partial charge in [0.05, 0.1) is 12.3 Å². The van der Waals surface area contributed by atoms with Crippen molar-refractivity contribution in [3.8, 4) is 17.3 Å². The fraction of sp³-hybridized carbons (Fsp3) is 0.429. The number of rotatable bonds is 6. The Hall–Kier alpha value is -3.99. The zero-order chi connectivity index (χ0) is 25.9. The molecule has 2 heterocycles. The van der Waals surface area contributed by atoms with E-state index in [4.69, 9.17) is 18.9 Å². The van der Waals surface area contributed by atoms with E-state index in [-0.39, 0.29) is 11.3 Å². The molecule has 1 aliphatic rings. The highest BCUT2D eigenvalue weighted by molar-refractivity contribution is 5.67. The monoisotopic (exact) mass is 496 g/mol. The van der Waals surface area contributed by atoms with Crippen LogP contribution in [0.15, 0.2) is 18.3 Å². The predicted molar refractivity (Wildman–Crippen MR) is 106 cm³/mol. The van der Waals surface area contributed by atoms with Crippen molar-refractivity contribution in [1.82, 2.24) is 15.0 Å². The van der Waals surface area contributed by atoms with Gasteiger partial charge in [0.25, 0.3) is 0 Å². The third-order valence-electron chi connectivity index (χ3n) is 4.94. The number of nitriles is 1. The van der Waals surface area contributed by atoms with Crippen molar-refractivity contribution in [2.45, 2.75) is 51.2 Å². The second kappa shape index (κ2) is 10.5. The van der Waals surface area contributed by atoms with E-state index in [1.54, 1.807) is 0 Å². The minimum atomic E-state index is -1.67. The second-order valence-corrected chi connectivity index (χ2v) is 7.50. The van der Waals surface area contributed by atoms with Gasteiger partial charge >= 0.3 is 17.9 Å². The quantitative estimate of drug-likeness (QED) is 0.329. The molecule has 1 aliphatic heterocycles. The van der Waals surface area contributed by atoms with Crippen LogP contribution in [0.3, 0.4) is 0 Å². The van der Waals surface area contributed by atoms with Crippen molar-refractivity contribution >= 4 is 17.9 Å². The molecule has 0 aliphatic carbocycles. The zero-order valence-corrected chi connectivity index (χ0v) is 18.6. The minimum Gasteiger partial charge on any atom is -0.463 e. The van der Waals surface area contributed by atoms with Crippen molar-refractivity contribution in [3.05, 3.63) is 35.8 Å².